The van der Waals surface area contributed by atoms with Gasteiger partial charge in [-0.3, -0.25) is 33.7 Å². The fraction of sp³-hybridized carbons (Fsp3) is 0.639. The molecule has 56 heavy (non-hydrogen) atoms. The molecule has 0 bridgehead atoms. The van der Waals surface area contributed by atoms with Gasteiger partial charge in [0.15, 0.2) is 7.47 Å². The van der Waals surface area contributed by atoms with E-state index in [1.807, 2.05) is 0 Å². The van der Waals surface area contributed by atoms with Gasteiger partial charge in [-0.2, -0.15) is 0 Å². The lowest BCUT2D eigenvalue weighted by Gasteiger charge is -2.38. The molecule has 2 saturated heterocycles. The van der Waals surface area contributed by atoms with Crippen LogP contribution in [0.15, 0.2) is 18.2 Å². The van der Waals surface area contributed by atoms with Gasteiger partial charge in [-0.1, -0.05) is 19.4 Å². The van der Waals surface area contributed by atoms with Gasteiger partial charge in [0, 0.05) is 38.3 Å². The lowest BCUT2D eigenvalue weighted by atomic mass is 9.99. The summed E-state index contributed by atoms with van der Waals surface area (Å²) in [6.45, 7) is 1.96. The van der Waals surface area contributed by atoms with Crippen LogP contribution in [0.25, 0.3) is 0 Å². The number of aliphatic hydroxyl groups excluding tert-OH is 3. The number of carbonyl (C=O) groups is 7. The maximum Gasteiger partial charge on any atom is 0.335 e. The number of nitrogens with one attached hydrogen (secondary N) is 4. The van der Waals surface area contributed by atoms with E-state index in [0.717, 1.165) is 6.42 Å². The van der Waals surface area contributed by atoms with Gasteiger partial charge in [0.05, 0.1) is 11.7 Å². The van der Waals surface area contributed by atoms with Crippen molar-refractivity contribution in [1.29, 1.82) is 0 Å². The zero-order chi connectivity index (χ0) is 42.2. The highest BCUT2D eigenvalue weighted by Crippen LogP contribution is 2.31. The molecule has 20 nitrogen and oxygen atoms in total. The Hall–Kier alpha value is -4.73. The van der Waals surface area contributed by atoms with E-state index in [0.29, 0.717) is 38.6 Å². The van der Waals surface area contributed by atoms with Gasteiger partial charge in [-0.25, -0.2) is 4.79 Å². The number of likely N-dealkylation sites (tertiary alicyclic amines) is 1. The number of amides is 5. The summed E-state index contributed by atoms with van der Waals surface area (Å²) < 4.78 is 22.5. The molecule has 312 valence electrons. The summed E-state index contributed by atoms with van der Waals surface area (Å²) in [5.41, 5.74) is 6.07. The van der Waals surface area contributed by atoms with Crippen LogP contribution < -0.4 is 31.7 Å². The predicted molar refractivity (Wildman–Crippen MR) is 195 cm³/mol. The average Bonchev–Trinajstić information content (AvgIpc) is 3.42. The van der Waals surface area contributed by atoms with Gasteiger partial charge in [0.2, 0.25) is 35.8 Å². The Morgan fingerprint density at radius 2 is 1.77 bits per heavy atom. The smallest absolute Gasteiger partial charge is 0.335 e. The van der Waals surface area contributed by atoms with Crippen molar-refractivity contribution in [2.75, 3.05) is 32.0 Å². The molecule has 8 atom stereocenters. The van der Waals surface area contributed by atoms with E-state index >= 15 is 0 Å². The van der Waals surface area contributed by atoms with Crippen LogP contribution >= 0.6 is 0 Å². The van der Waals surface area contributed by atoms with Gasteiger partial charge in [-0.05, 0) is 63.4 Å². The molecular weight excluding hydrogens is 740 g/mol. The maximum absolute atomic E-state index is 13.2. The zero-order valence-corrected chi connectivity index (χ0v) is 31.4. The molecule has 1 aromatic carbocycles. The predicted octanol–water partition coefficient (Wildman–Crippen LogP) is -1.77. The third-order valence-electron chi connectivity index (χ3n) is 9.38. The van der Waals surface area contributed by atoms with Crippen LogP contribution in [0.1, 0.15) is 71.6 Å². The average molecular weight is 796 g/mol. The molecule has 0 saturated carbocycles. The monoisotopic (exact) mass is 795 g/mol. The van der Waals surface area contributed by atoms with Gasteiger partial charge >= 0.3 is 5.97 Å². The lowest BCUT2D eigenvalue weighted by molar-refractivity contribution is -0.271. The van der Waals surface area contributed by atoms with Crippen molar-refractivity contribution in [3.05, 3.63) is 23.8 Å². The van der Waals surface area contributed by atoms with Crippen LogP contribution in [0.2, 0.25) is 0 Å². The molecule has 0 aliphatic carbocycles. The molecule has 2 fully saturated rings. The molecule has 3 rings (SSSR count). The van der Waals surface area contributed by atoms with Crippen molar-refractivity contribution in [2.45, 2.75) is 114 Å². The standard InChI is InChI=1S/C36H54N6O14/c1-20-15-28(46)42(34(20)51)22(17-37)7-3-4-9-26(44)40-23(8-5-6-13-38-2)33(50)39-14-12-27(45)41-24-16-21(18-54-19-43)10-11-25(24)55-36-31(49)29(47)30(48)32(56-36)35(52)53/h10-11,16,19-20,22-23,29-32,36,38,47-49H,3-9,12-15,17-18,37H2,1-2H3,(H,39,50)(H,40,44)(H,41,45)(H,52,53)/t20?,22?,23?,29-,30-,31+,32-,36+/m0/s1/i19D. The number of hydrogen-bond donors (Lipinski definition) is 9. The molecule has 10 N–H and O–H groups in total. The SMILES string of the molecule is [2H]C(=O)OCc1ccc(O[C@@H]2O[C@H](C(=O)O)[C@@H](O)[C@H](O)[C@H]2O)c(NC(=O)CCNC(=O)C(CCCCNC)NC(=O)CCCCC(CN)N2C(=O)CC(C)C2=O)c1. The largest absolute Gasteiger partial charge is 0.479 e. The van der Waals surface area contributed by atoms with Gasteiger partial charge in [-0.15, -0.1) is 0 Å². The first kappa shape index (κ1) is 44.0. The number of ether oxygens (including phenoxy) is 3. The molecule has 2 heterocycles. The quantitative estimate of drug-likeness (QED) is 0.0336. The summed E-state index contributed by atoms with van der Waals surface area (Å²) in [6, 6.07) is 2.60. The summed E-state index contributed by atoms with van der Waals surface area (Å²) in [6.07, 6.45) is -7.94. The number of nitrogens with two attached hydrogens (primary N) is 1. The number of imide groups is 1. The van der Waals surface area contributed by atoms with Crippen LogP contribution in [0, 0.1) is 5.92 Å². The number of carboxylic acid groups (broad SMARTS) is 1. The molecular formula is C36H54N6O14. The molecule has 2 aliphatic heterocycles. The van der Waals surface area contributed by atoms with E-state index in [4.69, 9.17) is 16.6 Å². The van der Waals surface area contributed by atoms with Crippen LogP contribution in [0.3, 0.4) is 0 Å². The Labute approximate surface area is 325 Å². The first-order valence-corrected chi connectivity index (χ1v) is 18.5. The second-order valence-electron chi connectivity index (χ2n) is 13.7. The third-order valence-corrected chi connectivity index (χ3v) is 9.38. The van der Waals surface area contributed by atoms with E-state index in [1.165, 1.54) is 23.1 Å². The Bertz CT molecular complexity index is 1590. The normalized spacial score (nSPS) is 23.5. The highest BCUT2D eigenvalue weighted by Gasteiger charge is 2.48. The summed E-state index contributed by atoms with van der Waals surface area (Å²) >= 11 is 0. The number of carbonyl (C=O) groups excluding carboxylic acids is 6. The molecule has 0 aromatic heterocycles. The highest BCUT2D eigenvalue weighted by atomic mass is 16.7. The number of benzene rings is 1. The highest BCUT2D eigenvalue weighted by molar-refractivity contribution is 6.03. The van der Waals surface area contributed by atoms with Crippen LogP contribution in [-0.2, 0) is 49.6 Å². The number of aliphatic hydroxyl groups is 3. The summed E-state index contributed by atoms with van der Waals surface area (Å²) in [7, 11) is 1.79. The third kappa shape index (κ3) is 13.2. The van der Waals surface area contributed by atoms with Crippen molar-refractivity contribution in [2.24, 2.45) is 11.7 Å². The summed E-state index contributed by atoms with van der Waals surface area (Å²) in [5.74, 6) is -4.26. The fourth-order valence-corrected chi connectivity index (χ4v) is 6.28. The lowest BCUT2D eigenvalue weighted by Crippen LogP contribution is -2.61. The molecule has 5 amide bonds. The van der Waals surface area contributed by atoms with Gasteiger partial charge in [0.25, 0.3) is 6.45 Å². The Kier molecular flexibility index (Phi) is 17.9. The Morgan fingerprint density at radius 1 is 1.04 bits per heavy atom. The van der Waals surface area contributed by atoms with Crippen molar-refractivity contribution in [3.8, 4) is 5.75 Å². The van der Waals surface area contributed by atoms with E-state index < -0.39 is 67.0 Å². The molecule has 3 unspecified atom stereocenters. The number of carboxylic acids is 1. The van der Waals surface area contributed by atoms with Crippen molar-refractivity contribution >= 4 is 47.6 Å². The topological polar surface area (TPSA) is 305 Å². The van der Waals surface area contributed by atoms with Crippen LogP contribution in [0.4, 0.5) is 5.69 Å². The minimum Gasteiger partial charge on any atom is -0.479 e. The Morgan fingerprint density at radius 3 is 2.41 bits per heavy atom. The van der Waals surface area contributed by atoms with Crippen molar-refractivity contribution in [1.82, 2.24) is 20.9 Å². The number of hydrogen-bond acceptors (Lipinski definition) is 15. The minimum atomic E-state index is -1.97. The van der Waals surface area contributed by atoms with E-state index in [-0.39, 0.29) is 79.6 Å². The summed E-state index contributed by atoms with van der Waals surface area (Å²) in [4.78, 5) is 87.7. The Balaban J connectivity index is 1.59. The maximum atomic E-state index is 13.2. The van der Waals surface area contributed by atoms with Crippen molar-refractivity contribution < 1.29 is 69.6 Å². The van der Waals surface area contributed by atoms with Crippen molar-refractivity contribution in [3.63, 3.8) is 0 Å². The first-order valence-electron chi connectivity index (χ1n) is 19.0. The fourth-order valence-electron chi connectivity index (χ4n) is 6.28. The second kappa shape index (κ2) is 22.7. The van der Waals surface area contributed by atoms with E-state index in [9.17, 15) is 54.0 Å². The number of anilines is 1. The molecule has 20 heteroatoms. The number of rotatable bonds is 23. The number of nitrogens with zero attached hydrogens (tertiary/aromatic N) is 1. The van der Waals surface area contributed by atoms with E-state index in [2.05, 4.69) is 26.0 Å². The van der Waals surface area contributed by atoms with Gasteiger partial charge < -0.3 is 61.6 Å². The number of aliphatic carboxylic acids is 1. The molecule has 0 radical (unpaired) electrons. The molecule has 2 aliphatic rings. The number of unbranched alkanes of at least 4 members (excludes halogenated alkanes) is 2. The molecule has 1 aromatic rings. The zero-order valence-electron chi connectivity index (χ0n) is 32.4. The second-order valence-corrected chi connectivity index (χ2v) is 13.7. The van der Waals surface area contributed by atoms with E-state index in [1.54, 1.807) is 14.0 Å². The molecule has 0 spiro atoms. The minimum absolute atomic E-state index is 0.0752. The van der Waals surface area contributed by atoms with Crippen LogP contribution in [-0.4, -0.2) is 137 Å². The first-order chi connectivity index (χ1) is 27.1. The van der Waals surface area contributed by atoms with Gasteiger partial charge in [0.1, 0.15) is 36.7 Å². The summed E-state index contributed by atoms with van der Waals surface area (Å²) in [5, 5.41) is 50.9. The van der Waals surface area contributed by atoms with Crippen LogP contribution in [0.5, 0.6) is 5.75 Å².